The average Bonchev–Trinajstić information content (AvgIpc) is 3.08. The molecule has 7 heteroatoms. The van der Waals surface area contributed by atoms with E-state index in [0.717, 1.165) is 55.6 Å². The minimum atomic E-state index is -4.88. The van der Waals surface area contributed by atoms with Crippen molar-refractivity contribution in [1.29, 1.82) is 0 Å². The van der Waals surface area contributed by atoms with E-state index in [1.165, 1.54) is 11.1 Å². The highest BCUT2D eigenvalue weighted by atomic mass is 19.4. The Balaban J connectivity index is 1.59. The highest BCUT2D eigenvalue weighted by Crippen LogP contribution is 2.34. The summed E-state index contributed by atoms with van der Waals surface area (Å²) in [7, 11) is 1.69. The first-order chi connectivity index (χ1) is 16.7. The van der Waals surface area contributed by atoms with Gasteiger partial charge in [-0.05, 0) is 79.7 Å². The highest BCUT2D eigenvalue weighted by molar-refractivity contribution is 5.82. The van der Waals surface area contributed by atoms with Crippen molar-refractivity contribution in [3.8, 4) is 11.5 Å². The number of ether oxygens (including phenoxy) is 2. The largest absolute Gasteiger partial charge is 0.496 e. The first-order valence-electron chi connectivity index (χ1n) is 12.2. The SMILES string of the molecule is CCCOc1ccc(CC2CCC=C(c3ccc(C(C)NC(=O)C(F)(F)F)cc3)CC2)c(OC)c1. The second kappa shape index (κ2) is 12.1. The monoisotopic (exact) mass is 489 g/mol. The molecule has 2 atom stereocenters. The van der Waals surface area contributed by atoms with Crippen LogP contribution < -0.4 is 14.8 Å². The molecule has 1 amide bonds. The summed E-state index contributed by atoms with van der Waals surface area (Å²) in [6.07, 6.45) is 3.31. The number of hydrogen-bond acceptors (Lipinski definition) is 3. The predicted octanol–water partition coefficient (Wildman–Crippen LogP) is 7.04. The maximum atomic E-state index is 12.5. The Kier molecular flexibility index (Phi) is 9.24. The molecule has 4 nitrogen and oxygen atoms in total. The van der Waals surface area contributed by atoms with Gasteiger partial charge >= 0.3 is 12.1 Å². The number of carbonyl (C=O) groups excluding carboxylic acids is 1. The number of methoxy groups -OCH3 is 1. The number of amides is 1. The lowest BCUT2D eigenvalue weighted by molar-refractivity contribution is -0.174. The molecule has 1 aliphatic carbocycles. The van der Waals surface area contributed by atoms with Crippen molar-refractivity contribution in [1.82, 2.24) is 5.32 Å². The third-order valence-corrected chi connectivity index (χ3v) is 6.41. The smallest absolute Gasteiger partial charge is 0.471 e. The second-order valence-corrected chi connectivity index (χ2v) is 9.05. The Morgan fingerprint density at radius 1 is 1.14 bits per heavy atom. The van der Waals surface area contributed by atoms with Gasteiger partial charge < -0.3 is 14.8 Å². The molecule has 0 saturated carbocycles. The van der Waals surface area contributed by atoms with Crippen LogP contribution in [0.25, 0.3) is 5.57 Å². The van der Waals surface area contributed by atoms with E-state index in [4.69, 9.17) is 9.47 Å². The zero-order valence-electron chi connectivity index (χ0n) is 20.6. The number of benzene rings is 2. The van der Waals surface area contributed by atoms with E-state index in [-0.39, 0.29) is 0 Å². The number of rotatable bonds is 9. The fraction of sp³-hybridized carbons (Fsp3) is 0.464. The van der Waals surface area contributed by atoms with E-state index >= 15 is 0 Å². The van der Waals surface area contributed by atoms with Crippen LogP contribution in [0.2, 0.25) is 0 Å². The lowest BCUT2D eigenvalue weighted by Crippen LogP contribution is -2.38. The number of alkyl halides is 3. The molecule has 0 heterocycles. The maximum absolute atomic E-state index is 12.5. The summed E-state index contributed by atoms with van der Waals surface area (Å²) < 4.78 is 48.9. The van der Waals surface area contributed by atoms with Gasteiger partial charge in [0.2, 0.25) is 0 Å². The molecule has 1 N–H and O–H groups in total. The van der Waals surface area contributed by atoms with Gasteiger partial charge in [-0.25, -0.2) is 0 Å². The molecule has 2 aromatic carbocycles. The van der Waals surface area contributed by atoms with E-state index in [9.17, 15) is 18.0 Å². The van der Waals surface area contributed by atoms with Crippen LogP contribution in [-0.4, -0.2) is 25.8 Å². The van der Waals surface area contributed by atoms with Gasteiger partial charge in [0, 0.05) is 6.07 Å². The van der Waals surface area contributed by atoms with Crippen molar-refractivity contribution in [2.24, 2.45) is 5.92 Å². The van der Waals surface area contributed by atoms with Crippen molar-refractivity contribution in [2.75, 3.05) is 13.7 Å². The normalized spacial score (nSPS) is 17.2. The summed E-state index contributed by atoms with van der Waals surface area (Å²) in [4.78, 5) is 11.2. The van der Waals surface area contributed by atoms with Crippen molar-refractivity contribution in [2.45, 2.75) is 64.6 Å². The van der Waals surface area contributed by atoms with Crippen LogP contribution >= 0.6 is 0 Å². The maximum Gasteiger partial charge on any atom is 0.471 e. The van der Waals surface area contributed by atoms with Crippen LogP contribution in [-0.2, 0) is 11.2 Å². The first kappa shape index (κ1) is 26.6. The molecule has 0 spiro atoms. The van der Waals surface area contributed by atoms with Crippen LogP contribution in [0.4, 0.5) is 13.2 Å². The lowest BCUT2D eigenvalue weighted by atomic mass is 9.90. The van der Waals surface area contributed by atoms with E-state index in [1.807, 2.05) is 29.6 Å². The molecular weight excluding hydrogens is 455 g/mol. The van der Waals surface area contributed by atoms with E-state index in [1.54, 1.807) is 26.2 Å². The Labute approximate surface area is 205 Å². The van der Waals surface area contributed by atoms with Crippen molar-refractivity contribution < 1.29 is 27.4 Å². The minimum Gasteiger partial charge on any atom is -0.496 e. The van der Waals surface area contributed by atoms with Crippen LogP contribution in [0.3, 0.4) is 0 Å². The molecular formula is C28H34F3NO3. The number of halogens is 3. The van der Waals surface area contributed by atoms with Gasteiger partial charge in [-0.3, -0.25) is 4.79 Å². The Morgan fingerprint density at radius 2 is 1.89 bits per heavy atom. The van der Waals surface area contributed by atoms with Gasteiger partial charge in [-0.1, -0.05) is 43.3 Å². The van der Waals surface area contributed by atoms with Crippen molar-refractivity contribution >= 4 is 11.5 Å². The van der Waals surface area contributed by atoms with Crippen LogP contribution in [0.5, 0.6) is 11.5 Å². The molecule has 0 fully saturated rings. The fourth-order valence-electron chi connectivity index (χ4n) is 4.43. The molecule has 0 aliphatic heterocycles. The Bertz CT molecular complexity index is 1020. The van der Waals surface area contributed by atoms with E-state index in [2.05, 4.69) is 19.1 Å². The van der Waals surface area contributed by atoms with Crippen molar-refractivity contribution in [3.05, 3.63) is 65.2 Å². The molecule has 0 radical (unpaired) electrons. The molecule has 2 aromatic rings. The fourth-order valence-corrected chi connectivity index (χ4v) is 4.43. The molecule has 35 heavy (non-hydrogen) atoms. The Hall–Kier alpha value is -2.96. The van der Waals surface area contributed by atoms with Gasteiger partial charge in [-0.2, -0.15) is 13.2 Å². The molecule has 0 bridgehead atoms. The zero-order valence-corrected chi connectivity index (χ0v) is 20.6. The third-order valence-electron chi connectivity index (χ3n) is 6.41. The van der Waals surface area contributed by atoms with Crippen molar-refractivity contribution in [3.63, 3.8) is 0 Å². The number of allylic oxidation sites excluding steroid dienone is 2. The summed E-state index contributed by atoms with van der Waals surface area (Å²) in [5.74, 6) is 0.287. The minimum absolute atomic E-state index is 0.525. The van der Waals surface area contributed by atoms with Gasteiger partial charge in [0.15, 0.2) is 0 Å². The summed E-state index contributed by atoms with van der Waals surface area (Å²) in [6, 6.07) is 12.8. The first-order valence-corrected chi connectivity index (χ1v) is 12.2. The van der Waals surface area contributed by atoms with Crippen LogP contribution in [0.15, 0.2) is 48.5 Å². The molecule has 0 saturated heterocycles. The highest BCUT2D eigenvalue weighted by Gasteiger charge is 2.39. The topological polar surface area (TPSA) is 47.6 Å². The van der Waals surface area contributed by atoms with E-state index in [0.29, 0.717) is 18.1 Å². The van der Waals surface area contributed by atoms with Gasteiger partial charge in [0.1, 0.15) is 11.5 Å². The van der Waals surface area contributed by atoms with E-state index < -0.39 is 18.1 Å². The average molecular weight is 490 g/mol. The van der Waals surface area contributed by atoms with Gasteiger partial charge in [0.05, 0.1) is 19.8 Å². The standard InChI is InChI=1S/C28H34F3NO3/c1-4-16-35-25-15-14-24(26(18-25)34-3)17-20-6-5-7-22(9-8-20)23-12-10-21(11-13-23)19(2)32-27(33)28(29,30)31/h7,10-15,18-20H,4-6,8-9,16-17H2,1-3H3,(H,32,33). The number of nitrogens with one attached hydrogen (secondary N) is 1. The zero-order chi connectivity index (χ0) is 25.4. The van der Waals surface area contributed by atoms with Crippen LogP contribution in [0, 0.1) is 5.92 Å². The lowest BCUT2D eigenvalue weighted by Gasteiger charge is -2.18. The molecule has 190 valence electrons. The van der Waals surface area contributed by atoms with Gasteiger partial charge in [-0.15, -0.1) is 0 Å². The summed E-state index contributed by atoms with van der Waals surface area (Å²) >= 11 is 0. The molecule has 1 aliphatic rings. The Morgan fingerprint density at radius 3 is 2.54 bits per heavy atom. The quantitative estimate of drug-likeness (QED) is 0.411. The number of carbonyl (C=O) groups is 1. The van der Waals surface area contributed by atoms with Crippen LogP contribution in [0.1, 0.15) is 68.7 Å². The second-order valence-electron chi connectivity index (χ2n) is 9.05. The summed E-state index contributed by atoms with van der Waals surface area (Å²) in [5, 5.41) is 2.00. The summed E-state index contributed by atoms with van der Waals surface area (Å²) in [6.45, 7) is 4.30. The summed E-state index contributed by atoms with van der Waals surface area (Å²) in [5.41, 5.74) is 4.14. The molecule has 2 unspecified atom stereocenters. The van der Waals surface area contributed by atoms with Gasteiger partial charge in [0.25, 0.3) is 0 Å². The third kappa shape index (κ3) is 7.51. The number of hydrogen-bond donors (Lipinski definition) is 1. The predicted molar refractivity (Wildman–Crippen MR) is 131 cm³/mol. The molecule has 3 rings (SSSR count). The molecule has 0 aromatic heterocycles.